The summed E-state index contributed by atoms with van der Waals surface area (Å²) in [5, 5.41) is 42.0. The van der Waals surface area contributed by atoms with Gasteiger partial charge >= 0.3 is 18.0 Å². The SMILES string of the molecule is O=[C]C(C(CCCCCCCCCCCCCCCCCCCCCO)[N+](=O)[O-])([N+](=O)[O-])[N+](=O)[O-]. The van der Waals surface area contributed by atoms with Crippen molar-refractivity contribution in [3.63, 3.8) is 0 Å². The first-order valence-electron chi connectivity index (χ1n) is 13.3. The van der Waals surface area contributed by atoms with E-state index >= 15 is 0 Å². The molecule has 203 valence electrons. The molecule has 0 bridgehead atoms. The number of carbonyl (C=O) groups excluding carboxylic acids is 1. The van der Waals surface area contributed by atoms with Crippen molar-refractivity contribution in [2.75, 3.05) is 6.61 Å². The Hall–Kier alpha value is -2.17. The van der Waals surface area contributed by atoms with Gasteiger partial charge in [-0.1, -0.05) is 109 Å². The minimum atomic E-state index is -3.55. The van der Waals surface area contributed by atoms with Crippen LogP contribution in [0.2, 0.25) is 0 Å². The summed E-state index contributed by atoms with van der Waals surface area (Å²) in [4.78, 5) is 40.0. The van der Waals surface area contributed by atoms with Crippen molar-refractivity contribution in [2.24, 2.45) is 0 Å². The van der Waals surface area contributed by atoms with Gasteiger partial charge in [-0.25, -0.2) is 0 Å². The molecule has 0 saturated heterocycles. The Kier molecular flexibility index (Phi) is 19.8. The minimum absolute atomic E-state index is 0.209. The highest BCUT2D eigenvalue weighted by Gasteiger charge is 2.71. The fraction of sp³-hybridized carbons (Fsp3) is 0.958. The fourth-order valence-electron chi connectivity index (χ4n) is 4.36. The summed E-state index contributed by atoms with van der Waals surface area (Å²) in [6, 6.07) is -2.23. The number of nitro groups is 3. The number of hydrogen-bond acceptors (Lipinski definition) is 8. The van der Waals surface area contributed by atoms with Crippen LogP contribution in [-0.2, 0) is 4.79 Å². The Morgan fingerprint density at radius 1 is 0.571 bits per heavy atom. The average Bonchev–Trinajstić information content (AvgIpc) is 2.81. The topological polar surface area (TPSA) is 167 Å². The van der Waals surface area contributed by atoms with Crippen molar-refractivity contribution in [1.82, 2.24) is 0 Å². The lowest BCUT2D eigenvalue weighted by Crippen LogP contribution is -2.59. The van der Waals surface area contributed by atoms with Crippen LogP contribution in [0.4, 0.5) is 0 Å². The third-order valence-electron chi connectivity index (χ3n) is 6.56. The molecule has 0 aromatic carbocycles. The number of aliphatic hydroxyl groups excluding tert-OH is 1. The van der Waals surface area contributed by atoms with Gasteiger partial charge in [0.05, 0.1) is 0 Å². The first-order valence-corrected chi connectivity index (χ1v) is 13.3. The molecule has 0 aliphatic heterocycles. The molecule has 0 heterocycles. The third kappa shape index (κ3) is 14.1. The van der Waals surface area contributed by atoms with Crippen molar-refractivity contribution < 1.29 is 24.7 Å². The van der Waals surface area contributed by atoms with E-state index in [1.165, 1.54) is 70.6 Å². The molecule has 0 amide bonds. The quantitative estimate of drug-likeness (QED) is 0.0671. The van der Waals surface area contributed by atoms with Gasteiger partial charge in [0.2, 0.25) is 0 Å². The van der Waals surface area contributed by atoms with E-state index in [0.29, 0.717) is 19.3 Å². The number of rotatable bonds is 26. The molecule has 1 atom stereocenters. The highest BCUT2D eigenvalue weighted by Crippen LogP contribution is 2.23. The number of aliphatic hydroxyl groups is 1. The maximum atomic E-state index is 11.2. The Bertz CT molecular complexity index is 589. The molecule has 1 N–H and O–H groups in total. The molecule has 35 heavy (non-hydrogen) atoms. The van der Waals surface area contributed by atoms with Crippen LogP contribution in [-0.4, -0.2) is 44.5 Å². The summed E-state index contributed by atoms with van der Waals surface area (Å²) in [7, 11) is 0. The van der Waals surface area contributed by atoms with Gasteiger partial charge in [0.25, 0.3) is 0 Å². The van der Waals surface area contributed by atoms with E-state index in [1.54, 1.807) is 0 Å². The Morgan fingerprint density at radius 3 is 1.09 bits per heavy atom. The summed E-state index contributed by atoms with van der Waals surface area (Å²) in [5.74, 6) is 0. The maximum absolute atomic E-state index is 11.2. The van der Waals surface area contributed by atoms with Crippen molar-refractivity contribution in [1.29, 1.82) is 0 Å². The molecule has 0 aliphatic rings. The largest absolute Gasteiger partial charge is 0.588 e. The molecular weight excluding hydrogens is 458 g/mol. The van der Waals surface area contributed by atoms with Gasteiger partial charge in [-0.2, -0.15) is 0 Å². The zero-order valence-corrected chi connectivity index (χ0v) is 21.1. The molecule has 0 aliphatic carbocycles. The van der Waals surface area contributed by atoms with E-state index in [9.17, 15) is 35.1 Å². The molecule has 0 fully saturated rings. The summed E-state index contributed by atoms with van der Waals surface area (Å²) < 4.78 is 0. The molecule has 1 unspecified atom stereocenters. The molecule has 0 saturated carbocycles. The van der Waals surface area contributed by atoms with Crippen LogP contribution in [0.5, 0.6) is 0 Å². The lowest BCUT2D eigenvalue weighted by Gasteiger charge is -2.14. The molecule has 0 aromatic heterocycles. The second-order valence-corrected chi connectivity index (χ2v) is 9.37. The zero-order chi connectivity index (χ0) is 26.4. The fourth-order valence-corrected chi connectivity index (χ4v) is 4.36. The van der Waals surface area contributed by atoms with Gasteiger partial charge in [-0.3, -0.25) is 35.1 Å². The average molecular weight is 503 g/mol. The Morgan fingerprint density at radius 2 is 0.857 bits per heavy atom. The first-order chi connectivity index (χ1) is 16.8. The molecule has 11 heteroatoms. The molecule has 0 rings (SSSR count). The minimum Gasteiger partial charge on any atom is -0.396 e. The van der Waals surface area contributed by atoms with Crippen molar-refractivity contribution in [3.05, 3.63) is 30.3 Å². The summed E-state index contributed by atoms with van der Waals surface area (Å²) in [6.07, 6.45) is 21.0. The van der Waals surface area contributed by atoms with E-state index in [1.807, 2.05) is 0 Å². The van der Waals surface area contributed by atoms with Gasteiger partial charge in [-0.15, -0.1) is 0 Å². The van der Waals surface area contributed by atoms with E-state index in [0.717, 1.165) is 38.5 Å². The number of nitrogens with zero attached hydrogens (tertiary/aromatic N) is 3. The Balaban J connectivity index is 3.68. The van der Waals surface area contributed by atoms with E-state index in [2.05, 4.69) is 0 Å². The van der Waals surface area contributed by atoms with Crippen LogP contribution >= 0.6 is 0 Å². The number of hydrogen-bond donors (Lipinski definition) is 1. The van der Waals surface area contributed by atoms with Crippen molar-refractivity contribution in [2.45, 2.75) is 140 Å². The predicted octanol–water partition coefficient (Wildman–Crippen LogP) is 5.79. The lowest BCUT2D eigenvalue weighted by atomic mass is 9.96. The number of unbranched alkanes of at least 4 members (excludes halogenated alkanes) is 18. The van der Waals surface area contributed by atoms with Gasteiger partial charge in [-0.05, 0) is 12.8 Å². The second-order valence-electron chi connectivity index (χ2n) is 9.37. The van der Waals surface area contributed by atoms with Gasteiger partial charge in [0.15, 0.2) is 0 Å². The summed E-state index contributed by atoms with van der Waals surface area (Å²) >= 11 is 0. The third-order valence-corrected chi connectivity index (χ3v) is 6.56. The van der Waals surface area contributed by atoms with Gasteiger partial charge in [0.1, 0.15) is 9.85 Å². The lowest BCUT2D eigenvalue weighted by molar-refractivity contribution is -0.810. The Labute approximate surface area is 208 Å². The molecule has 0 aromatic rings. The predicted molar refractivity (Wildman–Crippen MR) is 133 cm³/mol. The zero-order valence-electron chi connectivity index (χ0n) is 21.1. The smallest absolute Gasteiger partial charge is 0.396 e. The second kappa shape index (κ2) is 21.1. The molecule has 1 radical (unpaired) electrons. The van der Waals surface area contributed by atoms with Crippen LogP contribution < -0.4 is 0 Å². The normalized spacial score (nSPS) is 12.4. The van der Waals surface area contributed by atoms with Gasteiger partial charge < -0.3 is 5.11 Å². The highest BCUT2D eigenvalue weighted by molar-refractivity contribution is 5.61. The first kappa shape index (κ1) is 32.8. The highest BCUT2D eigenvalue weighted by atomic mass is 16.7. The summed E-state index contributed by atoms with van der Waals surface area (Å²) in [6.45, 7) is 0.308. The van der Waals surface area contributed by atoms with E-state index in [4.69, 9.17) is 5.11 Å². The molecular formula is C24H44N3O8. The maximum Gasteiger partial charge on any atom is 0.588 e. The monoisotopic (exact) mass is 502 g/mol. The van der Waals surface area contributed by atoms with Crippen LogP contribution in [0.3, 0.4) is 0 Å². The summed E-state index contributed by atoms with van der Waals surface area (Å²) in [5.41, 5.74) is -3.55. The molecule has 11 nitrogen and oxygen atoms in total. The van der Waals surface area contributed by atoms with E-state index < -0.39 is 32.9 Å². The van der Waals surface area contributed by atoms with E-state index in [-0.39, 0.29) is 6.42 Å². The van der Waals surface area contributed by atoms with Gasteiger partial charge in [0, 0.05) is 18.0 Å². The van der Waals surface area contributed by atoms with Crippen molar-refractivity contribution >= 4 is 6.29 Å². The molecule has 0 spiro atoms. The van der Waals surface area contributed by atoms with Crippen LogP contribution in [0, 0.1) is 30.3 Å². The van der Waals surface area contributed by atoms with Crippen LogP contribution in [0.15, 0.2) is 0 Å². The van der Waals surface area contributed by atoms with Crippen LogP contribution in [0.25, 0.3) is 0 Å². The standard InChI is InChI=1S/C24H44N3O8/c28-21-19-17-15-13-11-9-7-5-3-1-2-4-6-8-10-12-14-16-18-20-23(25(30)31)24(22-29,26(32)33)27(34)35/h23,28H,1-21H2. The van der Waals surface area contributed by atoms with Crippen molar-refractivity contribution in [3.8, 4) is 0 Å². The van der Waals surface area contributed by atoms with Crippen LogP contribution in [0.1, 0.15) is 128 Å².